The predicted molar refractivity (Wildman–Crippen MR) is 72.9 cm³/mol. The highest BCUT2D eigenvalue weighted by atomic mass is 35.5. The van der Waals surface area contributed by atoms with Crippen LogP contribution in [0.15, 0.2) is 24.3 Å². The molecule has 0 unspecified atom stereocenters. The van der Waals surface area contributed by atoms with Crippen molar-refractivity contribution in [2.75, 3.05) is 13.1 Å². The van der Waals surface area contributed by atoms with E-state index in [0.29, 0.717) is 10.4 Å². The van der Waals surface area contributed by atoms with Crippen molar-refractivity contribution in [3.63, 3.8) is 0 Å². The molecule has 1 heterocycles. The molecule has 3 heteroatoms. The Balaban J connectivity index is 1.74. The van der Waals surface area contributed by atoms with Crippen LogP contribution < -0.4 is 0 Å². The van der Waals surface area contributed by atoms with Crippen LogP contribution in [0, 0.1) is 5.41 Å². The first-order valence-electron chi connectivity index (χ1n) is 6.73. The van der Waals surface area contributed by atoms with Crippen LogP contribution in [0.1, 0.15) is 42.5 Å². The second kappa shape index (κ2) is 4.58. The van der Waals surface area contributed by atoms with E-state index in [1.807, 2.05) is 17.0 Å². The van der Waals surface area contributed by atoms with Crippen molar-refractivity contribution in [2.45, 2.75) is 32.1 Å². The van der Waals surface area contributed by atoms with Crippen LogP contribution in [-0.2, 0) is 0 Å². The van der Waals surface area contributed by atoms with Crippen LogP contribution in [-0.4, -0.2) is 23.9 Å². The highest BCUT2D eigenvalue weighted by Crippen LogP contribution is 2.45. The summed E-state index contributed by atoms with van der Waals surface area (Å²) in [6.07, 6.45) is 6.44. The van der Waals surface area contributed by atoms with Gasteiger partial charge in [0.15, 0.2) is 0 Å². The maximum atomic E-state index is 12.4. The molecule has 1 aliphatic carbocycles. The molecule has 1 spiro atoms. The highest BCUT2D eigenvalue weighted by molar-refractivity contribution is 6.30. The largest absolute Gasteiger partial charge is 0.338 e. The third kappa shape index (κ3) is 2.14. The van der Waals surface area contributed by atoms with Gasteiger partial charge in [0.05, 0.1) is 0 Å². The van der Waals surface area contributed by atoms with E-state index in [1.165, 1.54) is 32.1 Å². The maximum absolute atomic E-state index is 12.4. The summed E-state index contributed by atoms with van der Waals surface area (Å²) in [5.74, 6) is 0.140. The summed E-state index contributed by atoms with van der Waals surface area (Å²) in [6.45, 7) is 1.85. The standard InChI is InChI=1S/C15H18ClNO/c16-13-5-3-4-12(10-13)14(18)17-9-8-15(11-17)6-1-2-7-15/h3-5,10H,1-2,6-9,11H2. The van der Waals surface area contributed by atoms with Gasteiger partial charge in [-0.3, -0.25) is 4.79 Å². The Kier molecular flexibility index (Phi) is 3.06. The number of hydrogen-bond acceptors (Lipinski definition) is 1. The zero-order valence-corrected chi connectivity index (χ0v) is 11.2. The van der Waals surface area contributed by atoms with E-state index < -0.39 is 0 Å². The van der Waals surface area contributed by atoms with Gasteiger partial charge >= 0.3 is 0 Å². The molecule has 0 aromatic heterocycles. The minimum absolute atomic E-state index is 0.140. The molecule has 96 valence electrons. The van der Waals surface area contributed by atoms with Crippen LogP contribution in [0.5, 0.6) is 0 Å². The van der Waals surface area contributed by atoms with Crippen LogP contribution in [0.3, 0.4) is 0 Å². The molecule has 0 bridgehead atoms. The lowest BCUT2D eigenvalue weighted by Crippen LogP contribution is -2.31. The van der Waals surface area contributed by atoms with E-state index in [1.54, 1.807) is 12.1 Å². The monoisotopic (exact) mass is 263 g/mol. The fraction of sp³-hybridized carbons (Fsp3) is 0.533. The Morgan fingerprint density at radius 1 is 1.22 bits per heavy atom. The third-order valence-corrected chi connectivity index (χ3v) is 4.70. The van der Waals surface area contributed by atoms with Crippen LogP contribution in [0.4, 0.5) is 0 Å². The van der Waals surface area contributed by atoms with Gasteiger partial charge in [-0.15, -0.1) is 0 Å². The molecule has 0 atom stereocenters. The van der Waals surface area contributed by atoms with E-state index >= 15 is 0 Å². The van der Waals surface area contributed by atoms with Crippen molar-refractivity contribution >= 4 is 17.5 Å². The van der Waals surface area contributed by atoms with Gasteiger partial charge in [-0.25, -0.2) is 0 Å². The SMILES string of the molecule is O=C(c1cccc(Cl)c1)N1CCC2(CCCC2)C1. The summed E-state index contributed by atoms with van der Waals surface area (Å²) in [5.41, 5.74) is 1.16. The van der Waals surface area contributed by atoms with Gasteiger partial charge in [-0.05, 0) is 42.9 Å². The molecule has 1 saturated heterocycles. The molecule has 2 aliphatic rings. The molecule has 3 rings (SSSR count). The Bertz CT molecular complexity index is 465. The molecule has 0 N–H and O–H groups in total. The van der Waals surface area contributed by atoms with Gasteiger partial charge in [0.2, 0.25) is 0 Å². The molecule has 18 heavy (non-hydrogen) atoms. The second-order valence-corrected chi connectivity index (χ2v) is 6.13. The number of benzene rings is 1. The fourth-order valence-corrected chi connectivity index (χ4v) is 3.64. The van der Waals surface area contributed by atoms with Crippen molar-refractivity contribution in [1.29, 1.82) is 0 Å². The topological polar surface area (TPSA) is 20.3 Å². The predicted octanol–water partition coefficient (Wildman–Crippen LogP) is 3.75. The van der Waals surface area contributed by atoms with Crippen LogP contribution in [0.25, 0.3) is 0 Å². The molecule has 0 radical (unpaired) electrons. The number of halogens is 1. The minimum Gasteiger partial charge on any atom is -0.338 e. The van der Waals surface area contributed by atoms with Gasteiger partial charge in [0.25, 0.3) is 5.91 Å². The minimum atomic E-state index is 0.140. The molecule has 1 aromatic carbocycles. The smallest absolute Gasteiger partial charge is 0.253 e. The third-order valence-electron chi connectivity index (χ3n) is 4.46. The summed E-state index contributed by atoms with van der Waals surface area (Å²) in [7, 11) is 0. The molecule has 1 saturated carbocycles. The Labute approximate surface area is 113 Å². The first-order chi connectivity index (χ1) is 8.69. The van der Waals surface area contributed by atoms with Gasteiger partial charge in [-0.1, -0.05) is 30.5 Å². The number of likely N-dealkylation sites (tertiary alicyclic amines) is 1. The summed E-state index contributed by atoms with van der Waals surface area (Å²) in [5, 5.41) is 0.635. The van der Waals surface area contributed by atoms with Gasteiger partial charge in [-0.2, -0.15) is 0 Å². The molecule has 1 amide bonds. The number of carbonyl (C=O) groups is 1. The summed E-state index contributed by atoms with van der Waals surface area (Å²) < 4.78 is 0. The van der Waals surface area contributed by atoms with E-state index in [9.17, 15) is 4.79 Å². The summed E-state index contributed by atoms with van der Waals surface area (Å²) in [4.78, 5) is 14.4. The number of rotatable bonds is 1. The molecule has 1 aromatic rings. The maximum Gasteiger partial charge on any atom is 0.253 e. The van der Waals surface area contributed by atoms with Crippen LogP contribution >= 0.6 is 11.6 Å². The molecule has 2 fully saturated rings. The lowest BCUT2D eigenvalue weighted by atomic mass is 9.86. The normalized spacial score (nSPS) is 21.7. The molecule has 2 nitrogen and oxygen atoms in total. The Morgan fingerprint density at radius 2 is 2.00 bits per heavy atom. The Hall–Kier alpha value is -1.02. The zero-order chi connectivity index (χ0) is 12.6. The van der Waals surface area contributed by atoms with E-state index in [2.05, 4.69) is 0 Å². The quantitative estimate of drug-likeness (QED) is 0.756. The summed E-state index contributed by atoms with van der Waals surface area (Å²) in [6, 6.07) is 7.27. The summed E-state index contributed by atoms with van der Waals surface area (Å²) >= 11 is 5.95. The highest BCUT2D eigenvalue weighted by Gasteiger charge is 2.41. The van der Waals surface area contributed by atoms with E-state index in [4.69, 9.17) is 11.6 Å². The lowest BCUT2D eigenvalue weighted by molar-refractivity contribution is 0.0773. The first kappa shape index (κ1) is 12.0. The number of amides is 1. The van der Waals surface area contributed by atoms with Gasteiger partial charge < -0.3 is 4.90 Å². The Morgan fingerprint density at radius 3 is 2.72 bits per heavy atom. The molecular formula is C15H18ClNO. The average Bonchev–Trinajstić information content (AvgIpc) is 3.00. The van der Waals surface area contributed by atoms with Crippen molar-refractivity contribution in [3.05, 3.63) is 34.9 Å². The van der Waals surface area contributed by atoms with E-state index in [0.717, 1.165) is 18.7 Å². The fourth-order valence-electron chi connectivity index (χ4n) is 3.45. The molecular weight excluding hydrogens is 246 g/mol. The number of nitrogens with zero attached hydrogens (tertiary/aromatic N) is 1. The van der Waals surface area contributed by atoms with Crippen molar-refractivity contribution in [1.82, 2.24) is 4.90 Å². The zero-order valence-electron chi connectivity index (χ0n) is 10.5. The first-order valence-corrected chi connectivity index (χ1v) is 7.11. The van der Waals surface area contributed by atoms with Crippen molar-refractivity contribution in [3.8, 4) is 0 Å². The number of hydrogen-bond donors (Lipinski definition) is 0. The second-order valence-electron chi connectivity index (χ2n) is 5.69. The molecule has 1 aliphatic heterocycles. The lowest BCUT2D eigenvalue weighted by Gasteiger charge is -2.23. The van der Waals surface area contributed by atoms with Crippen LogP contribution in [0.2, 0.25) is 5.02 Å². The van der Waals surface area contributed by atoms with Crippen molar-refractivity contribution < 1.29 is 4.79 Å². The number of carbonyl (C=O) groups excluding carboxylic acids is 1. The average molecular weight is 264 g/mol. The van der Waals surface area contributed by atoms with Gasteiger partial charge in [0.1, 0.15) is 0 Å². The van der Waals surface area contributed by atoms with Crippen molar-refractivity contribution in [2.24, 2.45) is 5.41 Å². The van der Waals surface area contributed by atoms with Gasteiger partial charge in [0, 0.05) is 23.7 Å². The van der Waals surface area contributed by atoms with E-state index in [-0.39, 0.29) is 5.91 Å².